The van der Waals surface area contributed by atoms with Gasteiger partial charge in [0.05, 0.1) is 18.1 Å². The molecule has 2 rings (SSSR count). The van der Waals surface area contributed by atoms with Crippen LogP contribution in [0.4, 0.5) is 0 Å². The maximum absolute atomic E-state index is 12.3. The van der Waals surface area contributed by atoms with Gasteiger partial charge in [0, 0.05) is 19.1 Å². The SMILES string of the molecule is CC[C@@H](C)NS(=O)(=O)c1ccc(O[C@@H](C)C(=O)N2CCOCC2)cc1. The molecule has 1 aliphatic rings. The van der Waals surface area contributed by atoms with Crippen LogP contribution in [0.1, 0.15) is 27.2 Å². The number of sulfonamides is 1. The molecule has 25 heavy (non-hydrogen) atoms. The van der Waals surface area contributed by atoms with Gasteiger partial charge >= 0.3 is 0 Å². The molecule has 0 bridgehead atoms. The second-order valence-electron chi connectivity index (χ2n) is 6.10. The first-order valence-corrected chi connectivity index (χ1v) is 9.97. The standard InChI is InChI=1S/C17H26N2O5S/c1-4-13(2)18-25(21,22)16-7-5-15(6-8-16)24-14(3)17(20)19-9-11-23-12-10-19/h5-8,13-14,18H,4,9-12H2,1-3H3/t13-,14+/m1/s1. The summed E-state index contributed by atoms with van der Waals surface area (Å²) in [4.78, 5) is 14.2. The first kappa shape index (κ1) is 19.7. The van der Waals surface area contributed by atoms with Crippen molar-refractivity contribution in [3.8, 4) is 5.75 Å². The smallest absolute Gasteiger partial charge is 0.263 e. The van der Waals surface area contributed by atoms with Gasteiger partial charge in [0.1, 0.15) is 5.75 Å². The predicted octanol–water partition coefficient (Wildman–Crippen LogP) is 1.39. The highest BCUT2D eigenvalue weighted by Gasteiger charge is 2.24. The van der Waals surface area contributed by atoms with E-state index in [0.29, 0.717) is 38.5 Å². The molecule has 0 unspecified atom stereocenters. The van der Waals surface area contributed by atoms with Gasteiger partial charge < -0.3 is 14.4 Å². The van der Waals surface area contributed by atoms with Crippen LogP contribution in [0.2, 0.25) is 0 Å². The number of carbonyl (C=O) groups is 1. The van der Waals surface area contributed by atoms with Gasteiger partial charge in [-0.1, -0.05) is 6.92 Å². The number of morpholine rings is 1. The summed E-state index contributed by atoms with van der Waals surface area (Å²) in [6, 6.07) is 5.95. The van der Waals surface area contributed by atoms with Crippen LogP contribution in [0.25, 0.3) is 0 Å². The lowest BCUT2D eigenvalue weighted by Gasteiger charge is -2.29. The van der Waals surface area contributed by atoms with Gasteiger partial charge in [-0.3, -0.25) is 4.79 Å². The van der Waals surface area contributed by atoms with Crippen molar-refractivity contribution >= 4 is 15.9 Å². The van der Waals surface area contributed by atoms with E-state index in [1.807, 2.05) is 13.8 Å². The minimum atomic E-state index is -3.54. The number of carbonyl (C=O) groups excluding carboxylic acids is 1. The van der Waals surface area contributed by atoms with Crippen LogP contribution in [-0.4, -0.2) is 57.7 Å². The third-order valence-electron chi connectivity index (χ3n) is 4.09. The molecule has 1 aromatic rings. The molecule has 7 nitrogen and oxygen atoms in total. The lowest BCUT2D eigenvalue weighted by molar-refractivity contribution is -0.142. The zero-order valence-electron chi connectivity index (χ0n) is 14.9. The summed E-state index contributed by atoms with van der Waals surface area (Å²) in [6.45, 7) is 7.61. The van der Waals surface area contributed by atoms with Gasteiger partial charge in [-0.15, -0.1) is 0 Å². The summed E-state index contributed by atoms with van der Waals surface area (Å²) in [7, 11) is -3.54. The number of nitrogens with zero attached hydrogens (tertiary/aromatic N) is 1. The molecule has 0 saturated carbocycles. The Kier molecular flexibility index (Phi) is 6.80. The van der Waals surface area contributed by atoms with Gasteiger partial charge in [-0.25, -0.2) is 13.1 Å². The van der Waals surface area contributed by atoms with E-state index in [2.05, 4.69) is 4.72 Å². The fourth-order valence-electron chi connectivity index (χ4n) is 2.41. The van der Waals surface area contributed by atoms with E-state index in [-0.39, 0.29) is 16.8 Å². The van der Waals surface area contributed by atoms with E-state index in [4.69, 9.17) is 9.47 Å². The van der Waals surface area contributed by atoms with Crippen LogP contribution < -0.4 is 9.46 Å². The molecule has 1 N–H and O–H groups in total. The Bertz CT molecular complexity index is 669. The number of hydrogen-bond acceptors (Lipinski definition) is 5. The molecule has 1 aromatic carbocycles. The molecule has 8 heteroatoms. The number of benzene rings is 1. The van der Waals surface area contributed by atoms with Crippen LogP contribution in [0.3, 0.4) is 0 Å². The van der Waals surface area contributed by atoms with Gasteiger partial charge in [-0.2, -0.15) is 0 Å². The van der Waals surface area contributed by atoms with E-state index in [1.165, 1.54) is 12.1 Å². The third kappa shape index (κ3) is 5.42. The highest BCUT2D eigenvalue weighted by molar-refractivity contribution is 7.89. The maximum Gasteiger partial charge on any atom is 0.263 e. The summed E-state index contributed by atoms with van der Waals surface area (Å²) in [5.74, 6) is 0.357. The third-order valence-corrected chi connectivity index (χ3v) is 5.69. The lowest BCUT2D eigenvalue weighted by Crippen LogP contribution is -2.46. The Balaban J connectivity index is 1.98. The molecular weight excluding hydrogens is 344 g/mol. The Morgan fingerprint density at radius 2 is 1.84 bits per heavy atom. The second kappa shape index (κ2) is 8.64. The Hall–Kier alpha value is -1.64. The minimum Gasteiger partial charge on any atom is -0.481 e. The quantitative estimate of drug-likeness (QED) is 0.784. The first-order chi connectivity index (χ1) is 11.8. The Labute approximate surface area is 149 Å². The van der Waals surface area contributed by atoms with E-state index in [1.54, 1.807) is 24.0 Å². The molecule has 1 saturated heterocycles. The van der Waals surface area contributed by atoms with E-state index >= 15 is 0 Å². The normalized spacial score (nSPS) is 17.8. The van der Waals surface area contributed by atoms with Crippen molar-refractivity contribution in [1.29, 1.82) is 0 Å². The highest BCUT2D eigenvalue weighted by Crippen LogP contribution is 2.18. The highest BCUT2D eigenvalue weighted by atomic mass is 32.2. The predicted molar refractivity (Wildman–Crippen MR) is 94.0 cm³/mol. The monoisotopic (exact) mass is 370 g/mol. The van der Waals surface area contributed by atoms with Crippen LogP contribution in [-0.2, 0) is 19.6 Å². The number of hydrogen-bond donors (Lipinski definition) is 1. The Morgan fingerprint density at radius 1 is 1.24 bits per heavy atom. The fourth-order valence-corrected chi connectivity index (χ4v) is 3.74. The zero-order valence-corrected chi connectivity index (χ0v) is 15.7. The van der Waals surface area contributed by atoms with Crippen LogP contribution in [0.5, 0.6) is 5.75 Å². The molecular formula is C17H26N2O5S. The molecule has 0 aromatic heterocycles. The number of amides is 1. The van der Waals surface area contributed by atoms with Crippen LogP contribution in [0, 0.1) is 0 Å². The number of nitrogens with one attached hydrogen (secondary N) is 1. The molecule has 0 aliphatic carbocycles. The van der Waals surface area contributed by atoms with Crippen molar-refractivity contribution in [3.63, 3.8) is 0 Å². The lowest BCUT2D eigenvalue weighted by atomic mass is 10.3. The van der Waals surface area contributed by atoms with Crippen LogP contribution >= 0.6 is 0 Å². The van der Waals surface area contributed by atoms with Crippen molar-refractivity contribution in [2.75, 3.05) is 26.3 Å². The van der Waals surface area contributed by atoms with E-state index in [0.717, 1.165) is 0 Å². The van der Waals surface area contributed by atoms with Crippen LogP contribution in [0.15, 0.2) is 29.2 Å². The van der Waals surface area contributed by atoms with Crippen molar-refractivity contribution in [3.05, 3.63) is 24.3 Å². The molecule has 0 radical (unpaired) electrons. The summed E-state index contributed by atoms with van der Waals surface area (Å²) in [5.41, 5.74) is 0. The maximum atomic E-state index is 12.3. The molecule has 1 aliphatic heterocycles. The average Bonchev–Trinajstić information content (AvgIpc) is 2.61. The molecule has 1 amide bonds. The number of rotatable bonds is 7. The van der Waals surface area contributed by atoms with Crippen molar-refractivity contribution in [1.82, 2.24) is 9.62 Å². The largest absolute Gasteiger partial charge is 0.481 e. The minimum absolute atomic E-state index is 0.0987. The fraction of sp³-hybridized carbons (Fsp3) is 0.588. The summed E-state index contributed by atoms with van der Waals surface area (Å²) < 4.78 is 37.9. The summed E-state index contributed by atoms with van der Waals surface area (Å²) in [6.07, 6.45) is 0.0699. The molecule has 2 atom stereocenters. The first-order valence-electron chi connectivity index (χ1n) is 8.49. The molecule has 140 valence electrons. The van der Waals surface area contributed by atoms with Gasteiger partial charge in [-0.05, 0) is 44.5 Å². The summed E-state index contributed by atoms with van der Waals surface area (Å²) in [5, 5.41) is 0. The number of ether oxygens (including phenoxy) is 2. The van der Waals surface area contributed by atoms with Crippen molar-refractivity contribution in [2.24, 2.45) is 0 Å². The van der Waals surface area contributed by atoms with Gasteiger partial charge in [0.25, 0.3) is 5.91 Å². The van der Waals surface area contributed by atoms with E-state index < -0.39 is 16.1 Å². The molecule has 1 fully saturated rings. The van der Waals surface area contributed by atoms with Crippen molar-refractivity contribution < 1.29 is 22.7 Å². The second-order valence-corrected chi connectivity index (χ2v) is 7.81. The van der Waals surface area contributed by atoms with E-state index in [9.17, 15) is 13.2 Å². The van der Waals surface area contributed by atoms with Gasteiger partial charge in [0.15, 0.2) is 6.10 Å². The van der Waals surface area contributed by atoms with Crippen molar-refractivity contribution in [2.45, 2.75) is 44.2 Å². The Morgan fingerprint density at radius 3 is 2.40 bits per heavy atom. The molecule has 0 spiro atoms. The van der Waals surface area contributed by atoms with Gasteiger partial charge in [0.2, 0.25) is 10.0 Å². The summed E-state index contributed by atoms with van der Waals surface area (Å²) >= 11 is 0. The topological polar surface area (TPSA) is 84.9 Å². The average molecular weight is 370 g/mol. The molecule has 1 heterocycles. The zero-order chi connectivity index (χ0) is 18.4.